The average Bonchev–Trinajstić information content (AvgIpc) is 3.19. The number of carbonyl (C=O) groups is 2. The Labute approximate surface area is 158 Å². The van der Waals surface area contributed by atoms with E-state index in [0.717, 1.165) is 42.9 Å². The number of nitrogens with one attached hydrogen (secondary N) is 2. The third-order valence-electron chi connectivity index (χ3n) is 4.73. The fraction of sp³-hybridized carbons (Fsp3) is 0.400. The fourth-order valence-corrected chi connectivity index (χ4v) is 3.84. The Kier molecular flexibility index (Phi) is 6.66. The number of amides is 3. The molecular formula is C20H25N3O2S. The Balaban J connectivity index is 1.33. The van der Waals surface area contributed by atoms with Crippen LogP contribution < -0.4 is 10.6 Å². The van der Waals surface area contributed by atoms with Crippen LogP contribution in [0.4, 0.5) is 10.5 Å². The molecule has 0 bridgehead atoms. The molecule has 3 amide bonds. The van der Waals surface area contributed by atoms with Crippen molar-refractivity contribution in [3.63, 3.8) is 0 Å². The summed E-state index contributed by atoms with van der Waals surface area (Å²) in [6.45, 7) is 2.12. The Morgan fingerprint density at radius 2 is 1.85 bits per heavy atom. The number of para-hydroxylation sites is 1. The zero-order valence-electron chi connectivity index (χ0n) is 14.8. The second-order valence-electron chi connectivity index (χ2n) is 6.62. The highest BCUT2D eigenvalue weighted by Gasteiger charge is 2.23. The molecule has 0 spiro atoms. The Morgan fingerprint density at radius 3 is 2.54 bits per heavy atom. The molecule has 0 unspecified atom stereocenters. The van der Waals surface area contributed by atoms with Gasteiger partial charge in [0, 0.05) is 30.1 Å². The van der Waals surface area contributed by atoms with E-state index in [1.165, 1.54) is 0 Å². The van der Waals surface area contributed by atoms with Gasteiger partial charge in [0.2, 0.25) is 5.91 Å². The van der Waals surface area contributed by atoms with E-state index in [-0.39, 0.29) is 11.9 Å². The zero-order chi connectivity index (χ0) is 18.2. The quantitative estimate of drug-likeness (QED) is 0.803. The van der Waals surface area contributed by atoms with Crippen molar-refractivity contribution in [2.75, 3.05) is 18.4 Å². The van der Waals surface area contributed by atoms with Crippen LogP contribution in [0.5, 0.6) is 0 Å². The van der Waals surface area contributed by atoms with E-state index in [9.17, 15) is 9.59 Å². The molecule has 1 aromatic heterocycles. The van der Waals surface area contributed by atoms with E-state index in [0.29, 0.717) is 18.9 Å². The number of benzene rings is 1. The van der Waals surface area contributed by atoms with Crippen molar-refractivity contribution in [1.82, 2.24) is 10.2 Å². The van der Waals surface area contributed by atoms with Gasteiger partial charge in [-0.1, -0.05) is 24.3 Å². The predicted molar refractivity (Wildman–Crippen MR) is 105 cm³/mol. The SMILES string of the molecule is O=C(CCC1CCN(C(=O)NCc2cccs2)CC1)Nc1ccccc1. The highest BCUT2D eigenvalue weighted by atomic mass is 32.1. The molecule has 0 saturated carbocycles. The van der Waals surface area contributed by atoms with Gasteiger partial charge in [-0.2, -0.15) is 0 Å². The van der Waals surface area contributed by atoms with Gasteiger partial charge in [-0.15, -0.1) is 11.3 Å². The Hall–Kier alpha value is -2.34. The lowest BCUT2D eigenvalue weighted by Crippen LogP contribution is -2.44. The van der Waals surface area contributed by atoms with Gasteiger partial charge in [-0.25, -0.2) is 4.79 Å². The van der Waals surface area contributed by atoms with Gasteiger partial charge in [0.05, 0.1) is 6.54 Å². The highest BCUT2D eigenvalue weighted by Crippen LogP contribution is 2.22. The van der Waals surface area contributed by atoms with E-state index in [2.05, 4.69) is 10.6 Å². The minimum absolute atomic E-state index is 0.0127. The number of rotatable bonds is 6. The fourth-order valence-electron chi connectivity index (χ4n) is 3.19. The number of thiophene rings is 1. The van der Waals surface area contributed by atoms with Crippen molar-refractivity contribution in [2.24, 2.45) is 5.92 Å². The van der Waals surface area contributed by atoms with Crippen LogP contribution in [-0.2, 0) is 11.3 Å². The van der Waals surface area contributed by atoms with Crippen LogP contribution in [0, 0.1) is 5.92 Å². The Bertz CT molecular complexity index is 695. The number of piperidine rings is 1. The molecule has 0 aliphatic carbocycles. The van der Waals surface area contributed by atoms with Gasteiger partial charge in [-0.05, 0) is 48.8 Å². The number of hydrogen-bond donors (Lipinski definition) is 2. The standard InChI is InChI=1S/C20H25N3O2S/c24-19(22-17-5-2-1-3-6-17)9-8-16-10-12-23(13-11-16)20(25)21-15-18-7-4-14-26-18/h1-7,14,16H,8-13,15H2,(H,21,25)(H,22,24). The van der Waals surface area contributed by atoms with Crippen molar-refractivity contribution in [3.8, 4) is 0 Å². The molecule has 1 aromatic carbocycles. The van der Waals surface area contributed by atoms with Gasteiger partial charge < -0.3 is 15.5 Å². The van der Waals surface area contributed by atoms with Gasteiger partial charge >= 0.3 is 6.03 Å². The van der Waals surface area contributed by atoms with Crippen LogP contribution >= 0.6 is 11.3 Å². The zero-order valence-corrected chi connectivity index (χ0v) is 15.6. The number of urea groups is 1. The monoisotopic (exact) mass is 371 g/mol. The van der Waals surface area contributed by atoms with Crippen LogP contribution in [0.3, 0.4) is 0 Å². The minimum Gasteiger partial charge on any atom is -0.333 e. The van der Waals surface area contributed by atoms with Gasteiger partial charge in [-0.3, -0.25) is 4.79 Å². The van der Waals surface area contributed by atoms with Crippen LogP contribution in [0.1, 0.15) is 30.6 Å². The maximum absolute atomic E-state index is 12.2. The van der Waals surface area contributed by atoms with Crippen LogP contribution in [-0.4, -0.2) is 29.9 Å². The molecule has 26 heavy (non-hydrogen) atoms. The van der Waals surface area contributed by atoms with Crippen molar-refractivity contribution in [3.05, 3.63) is 52.7 Å². The molecule has 0 radical (unpaired) electrons. The molecule has 5 nitrogen and oxygen atoms in total. The largest absolute Gasteiger partial charge is 0.333 e. The van der Waals surface area contributed by atoms with Crippen LogP contribution in [0.15, 0.2) is 47.8 Å². The van der Waals surface area contributed by atoms with Crippen LogP contribution in [0.2, 0.25) is 0 Å². The lowest BCUT2D eigenvalue weighted by Gasteiger charge is -2.32. The van der Waals surface area contributed by atoms with E-state index in [1.54, 1.807) is 11.3 Å². The van der Waals surface area contributed by atoms with E-state index >= 15 is 0 Å². The second kappa shape index (κ2) is 9.38. The summed E-state index contributed by atoms with van der Waals surface area (Å²) < 4.78 is 0. The molecule has 2 N–H and O–H groups in total. The summed E-state index contributed by atoms with van der Waals surface area (Å²) in [5, 5.41) is 7.92. The number of carbonyl (C=O) groups excluding carboxylic acids is 2. The lowest BCUT2D eigenvalue weighted by molar-refractivity contribution is -0.116. The third kappa shape index (κ3) is 5.59. The summed E-state index contributed by atoms with van der Waals surface area (Å²) in [4.78, 5) is 27.3. The molecule has 138 valence electrons. The molecule has 6 heteroatoms. The first-order valence-electron chi connectivity index (χ1n) is 9.11. The number of anilines is 1. The molecule has 1 fully saturated rings. The van der Waals surface area contributed by atoms with E-state index in [4.69, 9.17) is 0 Å². The van der Waals surface area contributed by atoms with Gasteiger partial charge in [0.1, 0.15) is 0 Å². The third-order valence-corrected chi connectivity index (χ3v) is 5.61. The molecular weight excluding hydrogens is 346 g/mol. The summed E-state index contributed by atoms with van der Waals surface area (Å²) in [6.07, 6.45) is 3.34. The second-order valence-corrected chi connectivity index (χ2v) is 7.65. The molecule has 1 aliphatic rings. The summed E-state index contributed by atoms with van der Waals surface area (Å²) in [7, 11) is 0. The average molecular weight is 372 g/mol. The van der Waals surface area contributed by atoms with Gasteiger partial charge in [0.25, 0.3) is 0 Å². The molecule has 0 atom stereocenters. The maximum atomic E-state index is 12.2. The first kappa shape index (κ1) is 18.5. The molecule has 3 rings (SSSR count). The molecule has 1 aliphatic heterocycles. The normalized spacial score (nSPS) is 14.8. The van der Waals surface area contributed by atoms with E-state index < -0.39 is 0 Å². The number of nitrogens with zero attached hydrogens (tertiary/aromatic N) is 1. The first-order chi connectivity index (χ1) is 12.7. The van der Waals surface area contributed by atoms with E-state index in [1.807, 2.05) is 52.7 Å². The van der Waals surface area contributed by atoms with Crippen molar-refractivity contribution >= 4 is 29.0 Å². The number of likely N-dealkylation sites (tertiary alicyclic amines) is 1. The maximum Gasteiger partial charge on any atom is 0.317 e. The molecule has 1 saturated heterocycles. The predicted octanol–water partition coefficient (Wildman–Crippen LogP) is 4.09. The van der Waals surface area contributed by atoms with Gasteiger partial charge in [0.15, 0.2) is 0 Å². The minimum atomic E-state index is 0.0127. The highest BCUT2D eigenvalue weighted by molar-refractivity contribution is 7.09. The lowest BCUT2D eigenvalue weighted by atomic mass is 9.92. The van der Waals surface area contributed by atoms with Crippen molar-refractivity contribution < 1.29 is 9.59 Å². The summed E-state index contributed by atoms with van der Waals surface area (Å²) in [5.41, 5.74) is 0.842. The summed E-state index contributed by atoms with van der Waals surface area (Å²) in [5.74, 6) is 0.574. The number of hydrogen-bond acceptors (Lipinski definition) is 3. The first-order valence-corrected chi connectivity index (χ1v) is 9.99. The molecule has 2 heterocycles. The summed E-state index contributed by atoms with van der Waals surface area (Å²) in [6, 6.07) is 13.6. The molecule has 2 aromatic rings. The smallest absolute Gasteiger partial charge is 0.317 e. The topological polar surface area (TPSA) is 61.4 Å². The Morgan fingerprint density at radius 1 is 1.08 bits per heavy atom. The van der Waals surface area contributed by atoms with Crippen molar-refractivity contribution in [2.45, 2.75) is 32.2 Å². The van der Waals surface area contributed by atoms with Crippen molar-refractivity contribution in [1.29, 1.82) is 0 Å². The summed E-state index contributed by atoms with van der Waals surface area (Å²) >= 11 is 1.65. The van der Waals surface area contributed by atoms with Crippen LogP contribution in [0.25, 0.3) is 0 Å².